The molecule has 3 nitrogen and oxygen atoms in total. The van der Waals surface area contributed by atoms with E-state index in [4.69, 9.17) is 0 Å². The summed E-state index contributed by atoms with van der Waals surface area (Å²) in [5, 5.41) is 1.24. The van der Waals surface area contributed by atoms with Crippen LogP contribution < -0.4 is 4.90 Å². The second kappa shape index (κ2) is 4.84. The highest BCUT2D eigenvalue weighted by Gasteiger charge is 2.20. The Bertz CT molecular complexity index is 549. The van der Waals surface area contributed by atoms with Crippen molar-refractivity contribution >= 4 is 27.4 Å². The van der Waals surface area contributed by atoms with Gasteiger partial charge in [0.25, 0.3) is 0 Å². The molecule has 0 bridgehead atoms. The summed E-state index contributed by atoms with van der Waals surface area (Å²) in [6.07, 6.45) is 5.41. The third-order valence-electron chi connectivity index (χ3n) is 3.66. The fraction of sp³-hybridized carbons (Fsp3) is 0.571. The van der Waals surface area contributed by atoms with Crippen molar-refractivity contribution in [1.82, 2.24) is 9.97 Å². The van der Waals surface area contributed by atoms with Crippen LogP contribution in [0.5, 0.6) is 0 Å². The standard InChI is InChI=1S/C14H19N3S/c1-3-11-7-12-13(15-9-16-14(12)18-11)17-6-4-5-10(2)8-17/h7,9-10H,3-6,8H2,1-2H3. The van der Waals surface area contributed by atoms with E-state index in [9.17, 15) is 0 Å². The van der Waals surface area contributed by atoms with E-state index in [1.165, 1.54) is 23.1 Å². The van der Waals surface area contributed by atoms with E-state index in [0.29, 0.717) is 0 Å². The zero-order valence-corrected chi connectivity index (χ0v) is 11.8. The van der Waals surface area contributed by atoms with Gasteiger partial charge in [0, 0.05) is 18.0 Å². The molecule has 0 amide bonds. The Hall–Kier alpha value is -1.16. The fourth-order valence-corrected chi connectivity index (χ4v) is 3.63. The lowest BCUT2D eigenvalue weighted by Gasteiger charge is -2.32. The Morgan fingerprint density at radius 2 is 2.33 bits per heavy atom. The van der Waals surface area contributed by atoms with Crippen LogP contribution in [0.1, 0.15) is 31.6 Å². The van der Waals surface area contributed by atoms with Crippen molar-refractivity contribution in [1.29, 1.82) is 0 Å². The molecule has 2 aromatic heterocycles. The lowest BCUT2D eigenvalue weighted by Crippen LogP contribution is -2.34. The van der Waals surface area contributed by atoms with Crippen LogP contribution in [0.2, 0.25) is 0 Å². The Morgan fingerprint density at radius 1 is 1.44 bits per heavy atom. The van der Waals surface area contributed by atoms with E-state index in [0.717, 1.165) is 36.1 Å². The number of aryl methyl sites for hydroxylation is 1. The largest absolute Gasteiger partial charge is 0.356 e. The van der Waals surface area contributed by atoms with Gasteiger partial charge in [0.1, 0.15) is 17.0 Å². The van der Waals surface area contributed by atoms with Crippen molar-refractivity contribution in [3.8, 4) is 0 Å². The van der Waals surface area contributed by atoms with Crippen LogP contribution in [0.25, 0.3) is 10.2 Å². The maximum absolute atomic E-state index is 4.53. The summed E-state index contributed by atoms with van der Waals surface area (Å²) in [7, 11) is 0. The normalized spacial score (nSPS) is 20.6. The molecule has 1 fully saturated rings. The third-order valence-corrected chi connectivity index (χ3v) is 4.85. The third kappa shape index (κ3) is 2.09. The minimum absolute atomic E-state index is 0.771. The predicted octanol–water partition coefficient (Wildman–Crippen LogP) is 3.49. The van der Waals surface area contributed by atoms with Gasteiger partial charge in [0.05, 0.1) is 5.39 Å². The molecule has 3 heterocycles. The van der Waals surface area contributed by atoms with Crippen LogP contribution in [0.15, 0.2) is 12.4 Å². The average molecular weight is 261 g/mol. The topological polar surface area (TPSA) is 29.0 Å². The number of nitrogens with zero attached hydrogens (tertiary/aromatic N) is 3. The molecular weight excluding hydrogens is 242 g/mol. The number of aromatic nitrogens is 2. The molecule has 0 N–H and O–H groups in total. The molecule has 4 heteroatoms. The number of hydrogen-bond donors (Lipinski definition) is 0. The van der Waals surface area contributed by atoms with E-state index >= 15 is 0 Å². The van der Waals surface area contributed by atoms with Crippen molar-refractivity contribution in [3.63, 3.8) is 0 Å². The quantitative estimate of drug-likeness (QED) is 0.828. The van der Waals surface area contributed by atoms with E-state index in [-0.39, 0.29) is 0 Å². The summed E-state index contributed by atoms with van der Waals surface area (Å²) < 4.78 is 0. The molecule has 1 saturated heterocycles. The Morgan fingerprint density at radius 3 is 3.11 bits per heavy atom. The summed E-state index contributed by atoms with van der Waals surface area (Å²) in [5.41, 5.74) is 0. The summed E-state index contributed by atoms with van der Waals surface area (Å²) in [6.45, 7) is 6.79. The fourth-order valence-electron chi connectivity index (χ4n) is 2.70. The average Bonchev–Trinajstić information content (AvgIpc) is 2.81. The second-order valence-corrected chi connectivity index (χ2v) is 6.29. The van der Waals surface area contributed by atoms with Crippen molar-refractivity contribution in [2.75, 3.05) is 18.0 Å². The highest BCUT2D eigenvalue weighted by atomic mass is 32.1. The van der Waals surface area contributed by atoms with E-state index in [1.54, 1.807) is 17.7 Å². The van der Waals surface area contributed by atoms with Gasteiger partial charge in [-0.15, -0.1) is 11.3 Å². The molecule has 2 aromatic rings. The zero-order chi connectivity index (χ0) is 12.5. The Kier molecular flexibility index (Phi) is 3.20. The first-order valence-electron chi connectivity index (χ1n) is 6.76. The maximum Gasteiger partial charge on any atom is 0.140 e. The molecule has 0 spiro atoms. The SMILES string of the molecule is CCc1cc2c(N3CCCC(C)C3)ncnc2s1. The van der Waals surface area contributed by atoms with Crippen LogP contribution in [0, 0.1) is 5.92 Å². The highest BCUT2D eigenvalue weighted by molar-refractivity contribution is 7.18. The monoisotopic (exact) mass is 261 g/mol. The molecule has 1 aliphatic rings. The smallest absolute Gasteiger partial charge is 0.140 e. The Labute approximate surface area is 112 Å². The van der Waals surface area contributed by atoms with Gasteiger partial charge in [-0.1, -0.05) is 13.8 Å². The minimum Gasteiger partial charge on any atom is -0.356 e. The van der Waals surface area contributed by atoms with Gasteiger partial charge in [0.15, 0.2) is 0 Å². The van der Waals surface area contributed by atoms with Gasteiger partial charge >= 0.3 is 0 Å². The number of anilines is 1. The van der Waals surface area contributed by atoms with Gasteiger partial charge in [-0.2, -0.15) is 0 Å². The van der Waals surface area contributed by atoms with Crippen LogP contribution in [0.4, 0.5) is 5.82 Å². The highest BCUT2D eigenvalue weighted by Crippen LogP contribution is 2.32. The molecule has 1 atom stereocenters. The second-order valence-electron chi connectivity index (χ2n) is 5.18. The molecule has 1 unspecified atom stereocenters. The van der Waals surface area contributed by atoms with Gasteiger partial charge in [-0.25, -0.2) is 9.97 Å². The molecule has 18 heavy (non-hydrogen) atoms. The summed E-state index contributed by atoms with van der Waals surface area (Å²) >= 11 is 1.80. The van der Waals surface area contributed by atoms with Crippen molar-refractivity contribution < 1.29 is 0 Å². The summed E-state index contributed by atoms with van der Waals surface area (Å²) in [4.78, 5) is 13.9. The van der Waals surface area contributed by atoms with E-state index in [1.807, 2.05) is 0 Å². The van der Waals surface area contributed by atoms with Gasteiger partial charge < -0.3 is 4.90 Å². The molecule has 1 aliphatic heterocycles. The Balaban J connectivity index is 2.02. The minimum atomic E-state index is 0.771. The van der Waals surface area contributed by atoms with Crippen LogP contribution in [0.3, 0.4) is 0 Å². The van der Waals surface area contributed by atoms with Crippen LogP contribution in [-0.2, 0) is 6.42 Å². The molecule has 3 rings (SSSR count). The van der Waals surface area contributed by atoms with Crippen LogP contribution >= 0.6 is 11.3 Å². The lowest BCUT2D eigenvalue weighted by atomic mass is 10.0. The first-order chi connectivity index (χ1) is 8.78. The van der Waals surface area contributed by atoms with Crippen molar-refractivity contribution in [2.24, 2.45) is 5.92 Å². The lowest BCUT2D eigenvalue weighted by molar-refractivity contribution is 0.445. The number of piperidine rings is 1. The van der Waals surface area contributed by atoms with E-state index in [2.05, 4.69) is 34.8 Å². The first-order valence-corrected chi connectivity index (χ1v) is 7.58. The zero-order valence-electron chi connectivity index (χ0n) is 11.0. The first kappa shape index (κ1) is 11.9. The number of thiophene rings is 1. The molecule has 0 aromatic carbocycles. The van der Waals surface area contributed by atoms with Gasteiger partial charge in [0.2, 0.25) is 0 Å². The number of fused-ring (bicyclic) bond motifs is 1. The van der Waals surface area contributed by atoms with Crippen LogP contribution in [-0.4, -0.2) is 23.1 Å². The molecule has 0 saturated carbocycles. The molecule has 96 valence electrons. The van der Waals surface area contributed by atoms with E-state index < -0.39 is 0 Å². The molecule has 0 radical (unpaired) electrons. The maximum atomic E-state index is 4.53. The summed E-state index contributed by atoms with van der Waals surface area (Å²) in [5.74, 6) is 1.91. The number of hydrogen-bond acceptors (Lipinski definition) is 4. The molecular formula is C14H19N3S. The van der Waals surface area contributed by atoms with Gasteiger partial charge in [-0.3, -0.25) is 0 Å². The predicted molar refractivity (Wildman–Crippen MR) is 77.4 cm³/mol. The van der Waals surface area contributed by atoms with Crippen molar-refractivity contribution in [2.45, 2.75) is 33.1 Å². The summed E-state index contributed by atoms with van der Waals surface area (Å²) in [6, 6.07) is 2.27. The van der Waals surface area contributed by atoms with Gasteiger partial charge in [-0.05, 0) is 31.2 Å². The number of rotatable bonds is 2. The molecule has 0 aliphatic carbocycles. The van der Waals surface area contributed by atoms with Crippen molar-refractivity contribution in [3.05, 3.63) is 17.3 Å².